The molecule has 0 saturated carbocycles. The van der Waals surface area contributed by atoms with E-state index in [9.17, 15) is 19.5 Å². The van der Waals surface area contributed by atoms with Crippen LogP contribution in [0.1, 0.15) is 6.42 Å². The molecule has 2 aliphatic heterocycles. The first-order chi connectivity index (χ1) is 9.79. The molecular weight excluding hydrogens is 276 g/mol. The molecule has 2 saturated heterocycles. The molecule has 1 N–H and O–H groups in total. The Bertz CT molecular complexity index is 453. The first-order valence-electron chi connectivity index (χ1n) is 6.97. The lowest BCUT2D eigenvalue weighted by Crippen LogP contribution is -2.47. The summed E-state index contributed by atoms with van der Waals surface area (Å²) in [5.41, 5.74) is 0. The fraction of sp³-hybridized carbons (Fsp3) is 0.769. The lowest BCUT2D eigenvalue weighted by molar-refractivity contribution is -0.137. The molecule has 0 aromatic carbocycles. The summed E-state index contributed by atoms with van der Waals surface area (Å²) in [6.07, 6.45) is -0.0299. The number of β-amino-alcohol motifs (C(OH)–C–C–N with tert-alkyl or cyclic N) is 1. The summed E-state index contributed by atoms with van der Waals surface area (Å²) in [4.78, 5) is 41.6. The molecule has 0 bridgehead atoms. The number of aliphatic hydroxyl groups excluding tert-OH is 1. The molecule has 2 heterocycles. The van der Waals surface area contributed by atoms with Crippen molar-refractivity contribution in [1.29, 1.82) is 0 Å². The van der Waals surface area contributed by atoms with Gasteiger partial charge in [-0.15, -0.1) is 0 Å². The van der Waals surface area contributed by atoms with Crippen LogP contribution in [0, 0.1) is 0 Å². The van der Waals surface area contributed by atoms with E-state index >= 15 is 0 Å². The van der Waals surface area contributed by atoms with E-state index in [2.05, 4.69) is 0 Å². The minimum absolute atomic E-state index is 0.00979. The number of nitrogens with zero attached hydrogens (tertiary/aromatic N) is 4. The van der Waals surface area contributed by atoms with Crippen molar-refractivity contribution in [2.75, 3.05) is 47.3 Å². The summed E-state index contributed by atoms with van der Waals surface area (Å²) in [5.74, 6) is -0.657. The van der Waals surface area contributed by atoms with Gasteiger partial charge in [0.15, 0.2) is 0 Å². The van der Waals surface area contributed by atoms with Crippen LogP contribution in [0.25, 0.3) is 0 Å². The fourth-order valence-electron chi connectivity index (χ4n) is 2.84. The fourth-order valence-corrected chi connectivity index (χ4v) is 2.84. The normalized spacial score (nSPS) is 26.4. The highest BCUT2D eigenvalue weighted by Gasteiger charge is 2.39. The van der Waals surface area contributed by atoms with Crippen molar-refractivity contribution in [3.05, 3.63) is 0 Å². The zero-order valence-corrected chi connectivity index (χ0v) is 12.7. The molecule has 0 aromatic rings. The Morgan fingerprint density at radius 2 is 2.05 bits per heavy atom. The van der Waals surface area contributed by atoms with Gasteiger partial charge in [-0.05, 0) is 20.5 Å². The number of likely N-dealkylation sites (tertiary alicyclic amines) is 1. The number of hydrogen-bond donors (Lipinski definition) is 1. The largest absolute Gasteiger partial charge is 0.391 e. The molecule has 2 aliphatic rings. The number of urea groups is 1. The Kier molecular flexibility index (Phi) is 4.48. The Labute approximate surface area is 123 Å². The molecule has 8 heteroatoms. The second kappa shape index (κ2) is 5.98. The van der Waals surface area contributed by atoms with Crippen LogP contribution in [-0.4, -0.2) is 102 Å². The van der Waals surface area contributed by atoms with E-state index in [1.807, 2.05) is 19.0 Å². The van der Waals surface area contributed by atoms with Gasteiger partial charge in [0.25, 0.3) is 5.91 Å². The van der Waals surface area contributed by atoms with Gasteiger partial charge in [0.05, 0.1) is 6.10 Å². The van der Waals surface area contributed by atoms with Gasteiger partial charge in [-0.25, -0.2) is 4.79 Å². The standard InChI is InChI=1S/C13H22N4O4/c1-14(2)5-9-4-10(18)6-16(9)12(20)8-17-11(19)7-15(3)13(17)21/h9-10,18H,4-8H2,1-3H3. The maximum atomic E-state index is 12.4. The van der Waals surface area contributed by atoms with Crippen LogP contribution >= 0.6 is 0 Å². The molecule has 8 nitrogen and oxygen atoms in total. The lowest BCUT2D eigenvalue weighted by Gasteiger charge is -2.28. The third kappa shape index (κ3) is 3.33. The van der Waals surface area contributed by atoms with Crippen LogP contribution < -0.4 is 0 Å². The van der Waals surface area contributed by atoms with E-state index in [1.54, 1.807) is 4.90 Å². The van der Waals surface area contributed by atoms with Gasteiger partial charge < -0.3 is 19.8 Å². The molecule has 118 valence electrons. The molecule has 2 atom stereocenters. The van der Waals surface area contributed by atoms with E-state index in [-0.39, 0.29) is 37.5 Å². The van der Waals surface area contributed by atoms with Gasteiger partial charge in [0, 0.05) is 26.2 Å². The van der Waals surface area contributed by atoms with Crippen molar-refractivity contribution in [1.82, 2.24) is 19.6 Å². The van der Waals surface area contributed by atoms with Crippen molar-refractivity contribution < 1.29 is 19.5 Å². The summed E-state index contributed by atoms with van der Waals surface area (Å²) in [6.45, 7) is 0.655. The number of rotatable bonds is 4. The second-order valence-corrected chi connectivity index (χ2v) is 5.97. The minimum atomic E-state index is -0.549. The van der Waals surface area contributed by atoms with E-state index < -0.39 is 12.1 Å². The summed E-state index contributed by atoms with van der Waals surface area (Å²) >= 11 is 0. The Morgan fingerprint density at radius 1 is 1.38 bits per heavy atom. The topological polar surface area (TPSA) is 84.4 Å². The molecule has 4 amide bonds. The summed E-state index contributed by atoms with van der Waals surface area (Å²) in [5, 5.41) is 9.77. The first kappa shape index (κ1) is 15.7. The molecule has 0 aromatic heterocycles. The van der Waals surface area contributed by atoms with E-state index in [0.717, 1.165) is 4.90 Å². The predicted molar refractivity (Wildman–Crippen MR) is 74.4 cm³/mol. The highest BCUT2D eigenvalue weighted by atomic mass is 16.3. The maximum Gasteiger partial charge on any atom is 0.327 e. The van der Waals surface area contributed by atoms with Crippen LogP contribution in [0.4, 0.5) is 4.79 Å². The number of imide groups is 1. The average Bonchev–Trinajstić information content (AvgIpc) is 2.84. The van der Waals surface area contributed by atoms with Gasteiger partial charge in [-0.3, -0.25) is 14.5 Å². The highest BCUT2D eigenvalue weighted by molar-refractivity contribution is 6.04. The van der Waals surface area contributed by atoms with E-state index in [4.69, 9.17) is 0 Å². The average molecular weight is 298 g/mol. The monoisotopic (exact) mass is 298 g/mol. The minimum Gasteiger partial charge on any atom is -0.391 e. The lowest BCUT2D eigenvalue weighted by atomic mass is 10.2. The smallest absolute Gasteiger partial charge is 0.327 e. The Morgan fingerprint density at radius 3 is 2.57 bits per heavy atom. The maximum absolute atomic E-state index is 12.4. The zero-order valence-electron chi connectivity index (χ0n) is 12.7. The van der Waals surface area contributed by atoms with Gasteiger partial charge >= 0.3 is 6.03 Å². The quantitative estimate of drug-likeness (QED) is 0.632. The number of likely N-dealkylation sites (N-methyl/N-ethyl adjacent to an activating group) is 2. The number of carbonyl (C=O) groups excluding carboxylic acids is 3. The van der Waals surface area contributed by atoms with E-state index in [0.29, 0.717) is 13.0 Å². The predicted octanol–water partition coefficient (Wildman–Crippen LogP) is -1.60. The van der Waals surface area contributed by atoms with Crippen LogP contribution in [0.15, 0.2) is 0 Å². The van der Waals surface area contributed by atoms with Crippen molar-refractivity contribution in [3.8, 4) is 0 Å². The second-order valence-electron chi connectivity index (χ2n) is 5.97. The van der Waals surface area contributed by atoms with Crippen molar-refractivity contribution >= 4 is 17.8 Å². The summed E-state index contributed by atoms with van der Waals surface area (Å²) in [7, 11) is 5.32. The highest BCUT2D eigenvalue weighted by Crippen LogP contribution is 2.19. The van der Waals surface area contributed by atoms with Crippen molar-refractivity contribution in [2.24, 2.45) is 0 Å². The molecular formula is C13H22N4O4. The summed E-state index contributed by atoms with van der Waals surface area (Å²) in [6, 6.07) is -0.537. The Balaban J connectivity index is 2.02. The van der Waals surface area contributed by atoms with Gasteiger partial charge in [-0.1, -0.05) is 0 Å². The molecule has 0 spiro atoms. The number of aliphatic hydroxyl groups is 1. The van der Waals surface area contributed by atoms with Crippen LogP contribution in [0.2, 0.25) is 0 Å². The zero-order chi connectivity index (χ0) is 15.7. The van der Waals surface area contributed by atoms with Gasteiger partial charge in [0.2, 0.25) is 5.91 Å². The van der Waals surface area contributed by atoms with Gasteiger partial charge in [0.1, 0.15) is 13.1 Å². The SMILES string of the molecule is CN(C)CC1CC(O)CN1C(=O)CN1C(=O)CN(C)C1=O. The Hall–Kier alpha value is -1.67. The third-order valence-corrected chi connectivity index (χ3v) is 3.81. The van der Waals surface area contributed by atoms with Crippen LogP contribution in [0.3, 0.4) is 0 Å². The molecule has 0 radical (unpaired) electrons. The molecule has 2 unspecified atom stereocenters. The van der Waals surface area contributed by atoms with E-state index in [1.165, 1.54) is 11.9 Å². The van der Waals surface area contributed by atoms with Gasteiger partial charge in [-0.2, -0.15) is 0 Å². The third-order valence-electron chi connectivity index (χ3n) is 3.81. The van der Waals surface area contributed by atoms with Crippen molar-refractivity contribution in [3.63, 3.8) is 0 Å². The van der Waals surface area contributed by atoms with Crippen LogP contribution in [-0.2, 0) is 9.59 Å². The first-order valence-corrected chi connectivity index (χ1v) is 6.97. The molecule has 0 aliphatic carbocycles. The molecule has 2 rings (SSSR count). The van der Waals surface area contributed by atoms with Crippen LogP contribution in [0.5, 0.6) is 0 Å². The number of amides is 4. The van der Waals surface area contributed by atoms with Crippen molar-refractivity contribution in [2.45, 2.75) is 18.6 Å². The number of hydrogen-bond acceptors (Lipinski definition) is 5. The molecule has 21 heavy (non-hydrogen) atoms. The number of carbonyl (C=O) groups is 3. The summed E-state index contributed by atoms with van der Waals surface area (Å²) < 4.78 is 0. The molecule has 2 fully saturated rings.